The molecule has 0 aliphatic heterocycles. The number of furan rings is 1. The summed E-state index contributed by atoms with van der Waals surface area (Å²) in [5, 5.41) is 0. The molecule has 0 aliphatic carbocycles. The highest BCUT2D eigenvalue weighted by molar-refractivity contribution is 7.92. The molecule has 1 atom stereocenters. The van der Waals surface area contributed by atoms with Crippen molar-refractivity contribution in [3.63, 3.8) is 0 Å². The highest BCUT2D eigenvalue weighted by Gasteiger charge is 2.25. The largest absolute Gasteiger partial charge is 0.465 e. The number of sulfonamides is 1. The molecular weight excluding hydrogens is 406 g/mol. The summed E-state index contributed by atoms with van der Waals surface area (Å²) in [6, 6.07) is 26.4. The van der Waals surface area contributed by atoms with E-state index in [1.54, 1.807) is 30.3 Å². The van der Waals surface area contributed by atoms with Crippen LogP contribution < -0.4 is 4.72 Å². The van der Waals surface area contributed by atoms with E-state index in [0.29, 0.717) is 5.69 Å². The number of rotatable bonds is 6. The summed E-state index contributed by atoms with van der Waals surface area (Å²) in [4.78, 5) is 0.230. The van der Waals surface area contributed by atoms with E-state index in [2.05, 4.69) is 29.0 Å². The van der Waals surface area contributed by atoms with E-state index < -0.39 is 10.0 Å². The Morgan fingerprint density at radius 3 is 1.97 bits per heavy atom. The van der Waals surface area contributed by atoms with E-state index in [1.165, 1.54) is 0 Å². The second-order valence-corrected chi connectivity index (χ2v) is 9.48. The van der Waals surface area contributed by atoms with Crippen LogP contribution in [0.2, 0.25) is 0 Å². The molecule has 0 saturated heterocycles. The maximum absolute atomic E-state index is 13.1. The highest BCUT2D eigenvalue weighted by atomic mass is 32.2. The molecule has 1 aromatic heterocycles. The maximum atomic E-state index is 13.1. The van der Waals surface area contributed by atoms with E-state index in [-0.39, 0.29) is 10.8 Å². The van der Waals surface area contributed by atoms with Crippen molar-refractivity contribution in [1.82, 2.24) is 0 Å². The summed E-state index contributed by atoms with van der Waals surface area (Å²) in [7, 11) is -3.73. The normalized spacial score (nSPS) is 12.5. The molecular formula is C26H25NO3S. The van der Waals surface area contributed by atoms with Crippen LogP contribution in [0, 0.1) is 20.8 Å². The topological polar surface area (TPSA) is 59.3 Å². The highest BCUT2D eigenvalue weighted by Crippen LogP contribution is 2.37. The van der Waals surface area contributed by atoms with Gasteiger partial charge < -0.3 is 4.42 Å². The minimum Gasteiger partial charge on any atom is -0.465 e. The van der Waals surface area contributed by atoms with Crippen LogP contribution in [0.25, 0.3) is 0 Å². The first kappa shape index (κ1) is 20.9. The average Bonchev–Trinajstić information content (AvgIpc) is 3.17. The molecule has 3 aromatic carbocycles. The molecule has 4 nitrogen and oxygen atoms in total. The first-order valence-electron chi connectivity index (χ1n) is 10.1. The van der Waals surface area contributed by atoms with Gasteiger partial charge in [0, 0.05) is 0 Å². The SMILES string of the molecule is Cc1ccc([C@@H](c2ccc(C)o2)c2ccccc2NS(=O)(=O)c2ccc(C)cc2)cc1. The summed E-state index contributed by atoms with van der Waals surface area (Å²) in [5.74, 6) is 1.33. The fourth-order valence-electron chi connectivity index (χ4n) is 3.63. The fourth-order valence-corrected chi connectivity index (χ4v) is 4.71. The predicted octanol–water partition coefficient (Wildman–Crippen LogP) is 6.19. The van der Waals surface area contributed by atoms with Crippen molar-refractivity contribution in [3.8, 4) is 0 Å². The monoisotopic (exact) mass is 431 g/mol. The number of hydrogen-bond acceptors (Lipinski definition) is 3. The van der Waals surface area contributed by atoms with Crippen LogP contribution in [0.4, 0.5) is 5.69 Å². The average molecular weight is 432 g/mol. The molecule has 5 heteroatoms. The zero-order valence-electron chi connectivity index (χ0n) is 17.8. The Bertz CT molecular complexity index is 1290. The number of hydrogen-bond donors (Lipinski definition) is 1. The van der Waals surface area contributed by atoms with Crippen molar-refractivity contribution in [2.75, 3.05) is 4.72 Å². The molecule has 0 spiro atoms. The molecule has 0 amide bonds. The van der Waals surface area contributed by atoms with E-state index in [9.17, 15) is 8.42 Å². The van der Waals surface area contributed by atoms with Gasteiger partial charge in [0.25, 0.3) is 10.0 Å². The molecule has 4 rings (SSSR count). The van der Waals surface area contributed by atoms with E-state index in [0.717, 1.165) is 33.8 Å². The van der Waals surface area contributed by atoms with Gasteiger partial charge in [0.15, 0.2) is 0 Å². The molecule has 0 bridgehead atoms. The van der Waals surface area contributed by atoms with E-state index in [4.69, 9.17) is 4.42 Å². The number of anilines is 1. The molecule has 0 unspecified atom stereocenters. The number of nitrogens with one attached hydrogen (secondary N) is 1. The molecule has 1 N–H and O–H groups in total. The van der Waals surface area contributed by atoms with Gasteiger partial charge in [-0.25, -0.2) is 8.42 Å². The van der Waals surface area contributed by atoms with Gasteiger partial charge in [-0.3, -0.25) is 4.72 Å². The molecule has 31 heavy (non-hydrogen) atoms. The molecule has 158 valence electrons. The number of aryl methyl sites for hydroxylation is 3. The van der Waals surface area contributed by atoms with Crippen molar-refractivity contribution >= 4 is 15.7 Å². The van der Waals surface area contributed by atoms with Crippen molar-refractivity contribution in [3.05, 3.63) is 119 Å². The lowest BCUT2D eigenvalue weighted by Gasteiger charge is -2.20. The summed E-state index contributed by atoms with van der Waals surface area (Å²) < 4.78 is 34.9. The molecule has 1 heterocycles. The van der Waals surface area contributed by atoms with Crippen molar-refractivity contribution < 1.29 is 12.8 Å². The summed E-state index contributed by atoms with van der Waals surface area (Å²) in [5.41, 5.74) is 4.56. The summed E-state index contributed by atoms with van der Waals surface area (Å²) >= 11 is 0. The lowest BCUT2D eigenvalue weighted by molar-refractivity contribution is 0.478. The standard InChI is InChI=1S/C26H25NO3S/c1-18-8-13-21(14-9-18)26(25-17-12-20(3)30-25)23-6-4-5-7-24(23)27-31(28,29)22-15-10-19(2)11-16-22/h4-17,26-27H,1-3H3/t26-/m1/s1. The molecule has 0 radical (unpaired) electrons. The van der Waals surface area contributed by atoms with Crippen molar-refractivity contribution in [1.29, 1.82) is 0 Å². The van der Waals surface area contributed by atoms with Gasteiger partial charge in [0.1, 0.15) is 11.5 Å². The second-order valence-electron chi connectivity index (χ2n) is 7.80. The zero-order chi connectivity index (χ0) is 22.0. The van der Waals surface area contributed by atoms with Crippen LogP contribution in [0.5, 0.6) is 0 Å². The van der Waals surface area contributed by atoms with Gasteiger partial charge in [-0.1, -0.05) is 65.7 Å². The van der Waals surface area contributed by atoms with Gasteiger partial charge in [-0.05, 0) is 62.2 Å². The molecule has 4 aromatic rings. The predicted molar refractivity (Wildman–Crippen MR) is 124 cm³/mol. The Kier molecular flexibility index (Phi) is 5.70. The zero-order valence-corrected chi connectivity index (χ0v) is 18.6. The Hall–Kier alpha value is -3.31. The smallest absolute Gasteiger partial charge is 0.261 e. The third-order valence-corrected chi connectivity index (χ3v) is 6.69. The Balaban J connectivity index is 1.80. The lowest BCUT2D eigenvalue weighted by atomic mass is 9.88. The van der Waals surface area contributed by atoms with Crippen molar-refractivity contribution in [2.45, 2.75) is 31.6 Å². The third-order valence-electron chi connectivity index (χ3n) is 5.30. The minimum absolute atomic E-state index is 0.230. The van der Waals surface area contributed by atoms with Crippen LogP contribution >= 0.6 is 0 Å². The van der Waals surface area contributed by atoms with E-state index in [1.807, 2.05) is 51.1 Å². The minimum atomic E-state index is -3.73. The van der Waals surface area contributed by atoms with Gasteiger partial charge in [0.05, 0.1) is 16.5 Å². The maximum Gasteiger partial charge on any atom is 0.261 e. The molecule has 0 saturated carbocycles. The number of para-hydroxylation sites is 1. The first-order valence-corrected chi connectivity index (χ1v) is 11.6. The summed E-state index contributed by atoms with van der Waals surface area (Å²) in [6.45, 7) is 5.87. The Morgan fingerprint density at radius 1 is 0.742 bits per heavy atom. The van der Waals surface area contributed by atoms with E-state index >= 15 is 0 Å². The van der Waals surface area contributed by atoms with Crippen LogP contribution in [0.3, 0.4) is 0 Å². The van der Waals surface area contributed by atoms with Crippen LogP contribution in [-0.4, -0.2) is 8.42 Å². The second kappa shape index (κ2) is 8.44. The lowest BCUT2D eigenvalue weighted by Crippen LogP contribution is -2.15. The van der Waals surface area contributed by atoms with Crippen LogP contribution in [-0.2, 0) is 10.0 Å². The fraction of sp³-hybridized carbons (Fsp3) is 0.154. The molecule has 0 fully saturated rings. The van der Waals surface area contributed by atoms with Crippen LogP contribution in [0.1, 0.15) is 39.7 Å². The first-order chi connectivity index (χ1) is 14.8. The van der Waals surface area contributed by atoms with Crippen LogP contribution in [0.15, 0.2) is 94.2 Å². The van der Waals surface area contributed by atoms with Gasteiger partial charge in [-0.2, -0.15) is 0 Å². The van der Waals surface area contributed by atoms with Gasteiger partial charge in [-0.15, -0.1) is 0 Å². The Morgan fingerprint density at radius 2 is 1.35 bits per heavy atom. The number of benzene rings is 3. The van der Waals surface area contributed by atoms with Crippen molar-refractivity contribution in [2.24, 2.45) is 0 Å². The summed E-state index contributed by atoms with van der Waals surface area (Å²) in [6.07, 6.45) is 0. The van der Waals surface area contributed by atoms with Gasteiger partial charge >= 0.3 is 0 Å². The quantitative estimate of drug-likeness (QED) is 0.396. The molecule has 0 aliphatic rings. The Labute approximate surface area is 183 Å². The van der Waals surface area contributed by atoms with Gasteiger partial charge in [0.2, 0.25) is 0 Å². The third kappa shape index (κ3) is 4.57.